The summed E-state index contributed by atoms with van der Waals surface area (Å²) in [6.45, 7) is 6.87. The predicted octanol–water partition coefficient (Wildman–Crippen LogP) is 1.74. The molecule has 3 N–H and O–H groups in total. The molecule has 1 heterocycles. The van der Waals surface area contributed by atoms with Crippen LogP contribution in [-0.2, 0) is 0 Å². The van der Waals surface area contributed by atoms with E-state index in [0.717, 1.165) is 38.9 Å². The number of nitrogens with two attached hydrogens (primary N) is 1. The maximum absolute atomic E-state index is 10.4. The summed E-state index contributed by atoms with van der Waals surface area (Å²) in [7, 11) is 0. The summed E-state index contributed by atoms with van der Waals surface area (Å²) in [5.74, 6) is 0. The second-order valence-electron chi connectivity index (χ2n) is 5.13. The third-order valence-corrected chi connectivity index (χ3v) is 4.06. The van der Waals surface area contributed by atoms with Gasteiger partial charge in [0, 0.05) is 12.6 Å². The summed E-state index contributed by atoms with van der Waals surface area (Å²) in [5.41, 5.74) is 5.17. The number of β-amino-alcohol motifs (C(OH)–C–C–N with tert-alkyl or cyclic N) is 1. The number of rotatable bonds is 6. The Morgan fingerprint density at radius 2 is 2.00 bits per heavy atom. The predicted molar refractivity (Wildman–Crippen MR) is 68.4 cm³/mol. The van der Waals surface area contributed by atoms with E-state index in [4.69, 9.17) is 5.73 Å². The van der Waals surface area contributed by atoms with Gasteiger partial charge < -0.3 is 10.8 Å². The Morgan fingerprint density at radius 1 is 1.31 bits per heavy atom. The average Bonchev–Trinajstić information content (AvgIpc) is 2.32. The molecule has 1 rings (SSSR count). The summed E-state index contributed by atoms with van der Waals surface area (Å²) in [6, 6.07) is 0.600. The van der Waals surface area contributed by atoms with Gasteiger partial charge in [-0.25, -0.2) is 0 Å². The molecule has 0 aromatic heterocycles. The summed E-state index contributed by atoms with van der Waals surface area (Å²) in [4.78, 5) is 2.46. The molecule has 16 heavy (non-hydrogen) atoms. The Morgan fingerprint density at radius 3 is 2.56 bits per heavy atom. The van der Waals surface area contributed by atoms with Crippen LogP contribution in [0.1, 0.15) is 52.4 Å². The molecule has 0 saturated carbocycles. The van der Waals surface area contributed by atoms with Crippen molar-refractivity contribution >= 4 is 0 Å². The Bertz CT molecular complexity index is 190. The molecule has 0 bridgehead atoms. The fourth-order valence-corrected chi connectivity index (χ4v) is 2.64. The maximum atomic E-state index is 10.4. The maximum Gasteiger partial charge on any atom is 0.0769 e. The van der Waals surface area contributed by atoms with Crippen molar-refractivity contribution < 1.29 is 5.11 Å². The molecule has 3 heteroatoms. The van der Waals surface area contributed by atoms with Crippen molar-refractivity contribution in [2.24, 2.45) is 5.73 Å². The van der Waals surface area contributed by atoms with Gasteiger partial charge in [-0.05, 0) is 45.2 Å². The summed E-state index contributed by atoms with van der Waals surface area (Å²) < 4.78 is 0. The molecule has 1 aliphatic heterocycles. The molecular formula is C13H28N2O. The molecule has 1 saturated heterocycles. The molecule has 1 fully saturated rings. The highest BCUT2D eigenvalue weighted by Gasteiger charge is 2.30. The molecule has 0 amide bonds. The van der Waals surface area contributed by atoms with Crippen LogP contribution in [0.3, 0.4) is 0 Å². The van der Waals surface area contributed by atoms with Gasteiger partial charge >= 0.3 is 0 Å². The lowest BCUT2D eigenvalue weighted by Crippen LogP contribution is -2.49. The third kappa shape index (κ3) is 3.72. The van der Waals surface area contributed by atoms with Crippen molar-refractivity contribution in [1.82, 2.24) is 4.90 Å². The van der Waals surface area contributed by atoms with Crippen LogP contribution in [0.25, 0.3) is 0 Å². The van der Waals surface area contributed by atoms with Crippen LogP contribution in [0.15, 0.2) is 0 Å². The van der Waals surface area contributed by atoms with Gasteiger partial charge in [-0.1, -0.05) is 20.3 Å². The van der Waals surface area contributed by atoms with Gasteiger partial charge in [0.25, 0.3) is 0 Å². The van der Waals surface area contributed by atoms with E-state index in [9.17, 15) is 5.11 Å². The Labute approximate surface area is 100 Å². The number of aliphatic hydroxyl groups is 1. The Balaban J connectivity index is 2.54. The standard InChI is InChI=1S/C13H28N2O/c1-3-13(16,4-2)11-15-10-6-5-7-12(15)8-9-14/h12,16H,3-11,14H2,1-2H3. The minimum absolute atomic E-state index is 0.496. The quantitative estimate of drug-likeness (QED) is 0.728. The second kappa shape index (κ2) is 6.58. The number of likely N-dealkylation sites (tertiary alicyclic amines) is 1. The number of hydrogen-bond donors (Lipinski definition) is 2. The van der Waals surface area contributed by atoms with E-state index in [2.05, 4.69) is 18.7 Å². The summed E-state index contributed by atoms with van der Waals surface area (Å²) in [5, 5.41) is 10.4. The van der Waals surface area contributed by atoms with Crippen molar-refractivity contribution in [3.63, 3.8) is 0 Å². The molecule has 3 nitrogen and oxygen atoms in total. The van der Waals surface area contributed by atoms with Gasteiger partial charge in [0.1, 0.15) is 0 Å². The first kappa shape index (κ1) is 13.9. The fourth-order valence-electron chi connectivity index (χ4n) is 2.64. The largest absolute Gasteiger partial charge is 0.389 e. The molecule has 0 spiro atoms. The van der Waals surface area contributed by atoms with Gasteiger partial charge in [-0.2, -0.15) is 0 Å². The first-order valence-corrected chi connectivity index (χ1v) is 6.81. The SMILES string of the molecule is CCC(O)(CC)CN1CCCCC1CCN. The Kier molecular flexibility index (Phi) is 5.73. The van der Waals surface area contributed by atoms with E-state index in [-0.39, 0.29) is 0 Å². The van der Waals surface area contributed by atoms with Gasteiger partial charge in [0.15, 0.2) is 0 Å². The van der Waals surface area contributed by atoms with Crippen LogP contribution in [0.4, 0.5) is 0 Å². The minimum Gasteiger partial charge on any atom is -0.389 e. The molecule has 0 radical (unpaired) electrons. The normalized spacial score (nSPS) is 23.6. The monoisotopic (exact) mass is 228 g/mol. The van der Waals surface area contributed by atoms with Gasteiger partial charge in [0.05, 0.1) is 5.60 Å². The smallest absolute Gasteiger partial charge is 0.0769 e. The van der Waals surface area contributed by atoms with E-state index >= 15 is 0 Å². The zero-order valence-corrected chi connectivity index (χ0v) is 10.9. The van der Waals surface area contributed by atoms with Gasteiger partial charge in [-0.3, -0.25) is 4.90 Å². The number of piperidine rings is 1. The van der Waals surface area contributed by atoms with Crippen molar-refractivity contribution in [3.05, 3.63) is 0 Å². The number of nitrogens with zero attached hydrogens (tertiary/aromatic N) is 1. The highest BCUT2D eigenvalue weighted by molar-refractivity contribution is 4.85. The lowest BCUT2D eigenvalue weighted by Gasteiger charge is -2.40. The first-order valence-electron chi connectivity index (χ1n) is 6.81. The highest BCUT2D eigenvalue weighted by atomic mass is 16.3. The molecular weight excluding hydrogens is 200 g/mol. The van der Waals surface area contributed by atoms with Gasteiger partial charge in [0.2, 0.25) is 0 Å². The minimum atomic E-state index is -0.496. The van der Waals surface area contributed by atoms with E-state index in [1.54, 1.807) is 0 Å². The molecule has 1 aliphatic rings. The zero-order valence-electron chi connectivity index (χ0n) is 10.9. The molecule has 0 aromatic carbocycles. The summed E-state index contributed by atoms with van der Waals surface area (Å²) in [6.07, 6.45) is 6.59. The van der Waals surface area contributed by atoms with Gasteiger partial charge in [-0.15, -0.1) is 0 Å². The molecule has 96 valence electrons. The van der Waals surface area contributed by atoms with Crippen LogP contribution in [-0.4, -0.2) is 41.3 Å². The Hall–Kier alpha value is -0.120. The summed E-state index contributed by atoms with van der Waals surface area (Å²) >= 11 is 0. The van der Waals surface area contributed by atoms with Crippen molar-refractivity contribution in [3.8, 4) is 0 Å². The van der Waals surface area contributed by atoms with E-state index in [0.29, 0.717) is 6.04 Å². The molecule has 0 aromatic rings. The second-order valence-corrected chi connectivity index (χ2v) is 5.13. The van der Waals surface area contributed by atoms with E-state index in [1.807, 2.05) is 0 Å². The molecule has 1 unspecified atom stereocenters. The van der Waals surface area contributed by atoms with Crippen molar-refractivity contribution in [1.29, 1.82) is 0 Å². The zero-order chi connectivity index (χ0) is 12.0. The van der Waals surface area contributed by atoms with Crippen LogP contribution in [0.5, 0.6) is 0 Å². The third-order valence-electron chi connectivity index (χ3n) is 4.06. The number of hydrogen-bond acceptors (Lipinski definition) is 3. The molecule has 0 aliphatic carbocycles. The highest BCUT2D eigenvalue weighted by Crippen LogP contribution is 2.24. The topological polar surface area (TPSA) is 49.5 Å². The van der Waals surface area contributed by atoms with Crippen LogP contribution in [0, 0.1) is 0 Å². The lowest BCUT2D eigenvalue weighted by molar-refractivity contribution is -0.0235. The lowest BCUT2D eigenvalue weighted by atomic mass is 9.92. The van der Waals surface area contributed by atoms with E-state index in [1.165, 1.54) is 19.3 Å². The molecule has 1 atom stereocenters. The fraction of sp³-hybridized carbons (Fsp3) is 1.00. The van der Waals surface area contributed by atoms with Crippen molar-refractivity contribution in [2.45, 2.75) is 64.0 Å². The first-order chi connectivity index (χ1) is 7.65. The van der Waals surface area contributed by atoms with Crippen LogP contribution in [0.2, 0.25) is 0 Å². The van der Waals surface area contributed by atoms with Crippen molar-refractivity contribution in [2.75, 3.05) is 19.6 Å². The van der Waals surface area contributed by atoms with Crippen LogP contribution < -0.4 is 5.73 Å². The van der Waals surface area contributed by atoms with E-state index < -0.39 is 5.60 Å². The average molecular weight is 228 g/mol. The van der Waals surface area contributed by atoms with Crippen LogP contribution >= 0.6 is 0 Å².